The third-order valence-corrected chi connectivity index (χ3v) is 13.3. The van der Waals surface area contributed by atoms with Crippen molar-refractivity contribution >= 4 is 50.8 Å². The van der Waals surface area contributed by atoms with Gasteiger partial charge in [-0.15, -0.1) is 18.2 Å². The van der Waals surface area contributed by atoms with Crippen LogP contribution in [-0.4, -0.2) is 32.8 Å². The first-order valence-corrected chi connectivity index (χ1v) is 24.8. The van der Waals surface area contributed by atoms with Crippen LogP contribution in [-0.2, 0) is 26.5 Å². The SMILES string of the molecule is Cc1ccc2c(n1)oc1c(-c3nc4ccccc4n3-c3c(C)cccc3C)[c-]ccc12.[2H]C([2H])(c1cc(-c2[c-]cccc2)nc[c]1[Ge]([CH3])([CH3])[CH3])C(C)C.[Ir]. The third-order valence-electron chi connectivity index (χ3n) is 9.03. The van der Waals surface area contributed by atoms with Gasteiger partial charge in [0.1, 0.15) is 0 Å². The number of aromatic nitrogens is 4. The molecule has 4 aromatic heterocycles. The first-order valence-electron chi connectivity index (χ1n) is 18.5. The van der Waals surface area contributed by atoms with E-state index in [2.05, 4.69) is 94.2 Å². The minimum Gasteiger partial charge on any atom is 0 e. The summed E-state index contributed by atoms with van der Waals surface area (Å²) in [5.74, 6) is 7.59. The third kappa shape index (κ3) is 7.43. The van der Waals surface area contributed by atoms with Crippen LogP contribution in [0.3, 0.4) is 0 Å². The van der Waals surface area contributed by atoms with Crippen LogP contribution in [0.2, 0.25) is 17.3 Å². The number of hydrogen-bond acceptors (Lipinski definition) is 4. The minimum absolute atomic E-state index is 0. The first-order chi connectivity index (χ1) is 25.3. The van der Waals surface area contributed by atoms with Gasteiger partial charge in [-0.3, -0.25) is 4.98 Å². The Kier molecular flexibility index (Phi) is 10.2. The molecule has 265 valence electrons. The first kappa shape index (κ1) is 34.7. The van der Waals surface area contributed by atoms with Crippen LogP contribution in [0.4, 0.5) is 0 Å². The van der Waals surface area contributed by atoms with Crippen LogP contribution in [0, 0.1) is 38.8 Å². The van der Waals surface area contributed by atoms with Crippen molar-refractivity contribution in [2.24, 2.45) is 5.92 Å². The summed E-state index contributed by atoms with van der Waals surface area (Å²) in [5, 5.41) is 2.03. The second-order valence-corrected chi connectivity index (χ2v) is 25.0. The molecule has 7 heteroatoms. The van der Waals surface area contributed by atoms with E-state index >= 15 is 0 Å². The Morgan fingerprint density at radius 3 is 2.29 bits per heavy atom. The van der Waals surface area contributed by atoms with Gasteiger partial charge in [-0.1, -0.05) is 41.3 Å². The number of rotatable bonds is 6. The number of pyridine rings is 2. The summed E-state index contributed by atoms with van der Waals surface area (Å²) in [6.07, 6.45) is 0.562. The topological polar surface area (TPSA) is 56.7 Å². The quantitative estimate of drug-likeness (QED) is 0.123. The number of fused-ring (bicyclic) bond motifs is 4. The van der Waals surface area contributed by atoms with Crippen LogP contribution < -0.4 is 4.40 Å². The predicted molar refractivity (Wildman–Crippen MR) is 215 cm³/mol. The Morgan fingerprint density at radius 2 is 1.58 bits per heavy atom. The van der Waals surface area contributed by atoms with E-state index in [1.54, 1.807) is 0 Å². The van der Waals surface area contributed by atoms with Crippen molar-refractivity contribution in [3.05, 3.63) is 138 Å². The van der Waals surface area contributed by atoms with Crippen LogP contribution in [0.25, 0.3) is 61.4 Å². The molecule has 4 heterocycles. The van der Waals surface area contributed by atoms with Gasteiger partial charge in [-0.25, -0.2) is 4.98 Å². The smallest absolute Gasteiger partial charge is 0 e. The van der Waals surface area contributed by atoms with Gasteiger partial charge in [0.05, 0.1) is 22.4 Å². The zero-order valence-electron chi connectivity index (χ0n) is 32.9. The number of benzene rings is 4. The maximum atomic E-state index is 8.56. The number of hydrogen-bond donors (Lipinski definition) is 0. The number of aryl methyl sites for hydroxylation is 3. The molecule has 0 unspecified atom stereocenters. The van der Waals surface area contributed by atoms with Crippen LogP contribution in [0.5, 0.6) is 0 Å². The van der Waals surface area contributed by atoms with E-state index in [9.17, 15) is 0 Å². The van der Waals surface area contributed by atoms with Gasteiger partial charge in [0.15, 0.2) is 0 Å². The molecule has 0 fully saturated rings. The van der Waals surface area contributed by atoms with Crippen molar-refractivity contribution in [3.63, 3.8) is 0 Å². The summed E-state index contributed by atoms with van der Waals surface area (Å²) in [6, 6.07) is 38.9. The number of imidazole rings is 1. The van der Waals surface area contributed by atoms with Crippen molar-refractivity contribution < 1.29 is 27.3 Å². The Labute approximate surface area is 326 Å². The molecule has 0 aliphatic heterocycles. The Hall–Kier alpha value is -4.36. The molecule has 0 saturated carbocycles. The zero-order valence-corrected chi connectivity index (χ0v) is 35.4. The molecule has 52 heavy (non-hydrogen) atoms. The fourth-order valence-electron chi connectivity index (χ4n) is 6.64. The number of nitrogens with zero attached hydrogens (tertiary/aromatic N) is 4. The summed E-state index contributed by atoms with van der Waals surface area (Å²) in [7, 11) is 0. The Balaban J connectivity index is 0.000000193. The molecular formula is C45H44GeIrN4O-2. The molecule has 0 spiro atoms. The van der Waals surface area contributed by atoms with Gasteiger partial charge in [-0.05, 0) is 56.2 Å². The van der Waals surface area contributed by atoms with E-state index in [0.717, 1.165) is 71.4 Å². The van der Waals surface area contributed by atoms with Gasteiger partial charge in [0, 0.05) is 36.9 Å². The van der Waals surface area contributed by atoms with Gasteiger partial charge < -0.3 is 8.98 Å². The standard InChI is InChI=1S/C27H20N3O.C18H24GeN.Ir/c1-16-8-6-9-17(2)24(16)30-23-13-5-4-12-22(23)29-26(30)21-11-7-10-19-20-15-14-18(3)28-27(20)31-25(19)21;1-14(2)11-16-12-18(15-9-7-6-8-10-15)20-13-17(16)19(3,4)5;/h4-10,12-15H,1-3H3;6-9,12-14H,11H2,1-5H3;/q2*-1;/i;11D2;. The summed E-state index contributed by atoms with van der Waals surface area (Å²) in [4.78, 5) is 14.2. The molecule has 0 N–H and O–H groups in total. The monoisotopic (exact) mass is 925 g/mol. The normalized spacial score (nSPS) is 12.4. The van der Waals surface area contributed by atoms with Crippen molar-refractivity contribution in [3.8, 4) is 28.3 Å². The number of furan rings is 1. The van der Waals surface area contributed by atoms with Gasteiger partial charge >= 0.3 is 128 Å². The van der Waals surface area contributed by atoms with Crippen LogP contribution in [0.1, 0.15) is 39.0 Å². The van der Waals surface area contributed by atoms with Crippen molar-refractivity contribution in [1.29, 1.82) is 0 Å². The van der Waals surface area contributed by atoms with E-state index in [0.29, 0.717) is 5.71 Å². The van der Waals surface area contributed by atoms with E-state index in [1.165, 1.54) is 11.1 Å². The maximum absolute atomic E-state index is 8.56. The average molecular weight is 924 g/mol. The van der Waals surface area contributed by atoms with E-state index < -0.39 is 19.6 Å². The second-order valence-electron chi connectivity index (χ2n) is 14.4. The molecule has 0 amide bonds. The zero-order chi connectivity index (χ0) is 37.7. The fraction of sp³-hybridized carbons (Fsp3) is 0.222. The molecule has 8 rings (SSSR count). The molecule has 0 atom stereocenters. The molecule has 0 bridgehead atoms. The van der Waals surface area contributed by atoms with Crippen LogP contribution in [0.15, 0.2) is 108 Å². The molecule has 4 aromatic carbocycles. The molecule has 0 aliphatic rings. The Morgan fingerprint density at radius 1 is 0.827 bits per heavy atom. The van der Waals surface area contributed by atoms with Crippen molar-refractivity contribution in [2.75, 3.05) is 0 Å². The molecule has 1 radical (unpaired) electrons. The van der Waals surface area contributed by atoms with E-state index in [1.807, 2.05) is 87.6 Å². The molecule has 8 aromatic rings. The Bertz CT molecular complexity index is 2590. The summed E-state index contributed by atoms with van der Waals surface area (Å²) < 4.78 is 26.8. The minimum atomic E-state index is -2.20. The molecular weight excluding hydrogens is 877 g/mol. The van der Waals surface area contributed by atoms with Crippen molar-refractivity contribution in [2.45, 2.75) is 58.3 Å². The van der Waals surface area contributed by atoms with Crippen molar-refractivity contribution in [1.82, 2.24) is 19.5 Å². The summed E-state index contributed by atoms with van der Waals surface area (Å²) in [5.41, 5.74) is 11.2. The second kappa shape index (κ2) is 15.3. The van der Waals surface area contributed by atoms with Crippen LogP contribution >= 0.6 is 0 Å². The molecule has 5 nitrogen and oxygen atoms in total. The van der Waals surface area contributed by atoms with Gasteiger partial charge in [0.2, 0.25) is 5.71 Å². The summed E-state index contributed by atoms with van der Waals surface area (Å²) in [6.45, 7) is 10.1. The molecule has 0 aliphatic carbocycles. The summed E-state index contributed by atoms with van der Waals surface area (Å²) >= 11 is -2.20. The predicted octanol–water partition coefficient (Wildman–Crippen LogP) is 11.0. The molecule has 0 saturated heterocycles. The largest absolute Gasteiger partial charge is 0 e. The van der Waals surface area contributed by atoms with E-state index in [-0.39, 0.29) is 26.0 Å². The van der Waals surface area contributed by atoms with E-state index in [4.69, 9.17) is 12.1 Å². The average Bonchev–Trinajstić information content (AvgIpc) is 3.70. The van der Waals surface area contributed by atoms with Gasteiger partial charge in [-0.2, -0.15) is 0 Å². The maximum Gasteiger partial charge on any atom is 0 e. The fourth-order valence-corrected chi connectivity index (χ4v) is 9.59. The number of para-hydroxylation sites is 3. The van der Waals surface area contributed by atoms with Gasteiger partial charge in [0.25, 0.3) is 0 Å².